The van der Waals surface area contributed by atoms with Crippen molar-refractivity contribution >= 4 is 0 Å². The second kappa shape index (κ2) is 7.09. The van der Waals surface area contributed by atoms with Crippen molar-refractivity contribution in [3.63, 3.8) is 0 Å². The first-order valence-electron chi connectivity index (χ1n) is 6.86. The maximum atomic E-state index is 12.2. The molecule has 0 aromatic heterocycles. The molecule has 0 aliphatic rings. The molecule has 2 unspecified atom stereocenters. The smallest absolute Gasteiger partial charge is 0.323 e. The van der Waals surface area contributed by atoms with Gasteiger partial charge in [0.15, 0.2) is 0 Å². The Hall–Kier alpha value is -1.07. The summed E-state index contributed by atoms with van der Waals surface area (Å²) in [5, 5.41) is 0. The molecule has 0 saturated carbocycles. The van der Waals surface area contributed by atoms with Crippen molar-refractivity contribution in [1.29, 1.82) is 0 Å². The summed E-state index contributed by atoms with van der Waals surface area (Å²) in [6, 6.07) is 7.49. The molecule has 20 heavy (non-hydrogen) atoms. The monoisotopic (exact) mass is 288 g/mol. The fourth-order valence-electron chi connectivity index (χ4n) is 2.04. The summed E-state index contributed by atoms with van der Waals surface area (Å²) in [5.74, 6) is 0. The molecule has 5 heteroatoms. The molecule has 1 aromatic rings. The molecule has 2 nitrogen and oxygen atoms in total. The highest BCUT2D eigenvalue weighted by Gasteiger charge is 2.29. The summed E-state index contributed by atoms with van der Waals surface area (Å²) < 4.78 is 36.7. The summed E-state index contributed by atoms with van der Waals surface area (Å²) in [7, 11) is 1.68. The molecule has 114 valence electrons. The minimum absolute atomic E-state index is 0.0363. The van der Waals surface area contributed by atoms with Crippen LogP contribution in [-0.4, -0.2) is 30.7 Å². The summed E-state index contributed by atoms with van der Waals surface area (Å²) >= 11 is 0. The highest BCUT2D eigenvalue weighted by molar-refractivity contribution is 5.25. The van der Waals surface area contributed by atoms with Crippen molar-refractivity contribution < 1.29 is 13.2 Å². The number of alkyl halides is 3. The minimum atomic E-state index is -4.12. The number of nitrogens with two attached hydrogens (primary N) is 1. The standard InChI is InChI=1S/C15H23F3N2/c1-4-12-5-7-13(8-6-12)14(19)11(2)20(3)10-9-15(16,17)18/h5-8,11,14H,4,9-10,19H2,1-3H3. The zero-order chi connectivity index (χ0) is 15.3. The third-order valence-electron chi connectivity index (χ3n) is 3.74. The highest BCUT2D eigenvalue weighted by atomic mass is 19.4. The number of aryl methyl sites for hydroxylation is 1. The van der Waals surface area contributed by atoms with Gasteiger partial charge in [0, 0.05) is 18.6 Å². The van der Waals surface area contributed by atoms with Crippen LogP contribution in [0.15, 0.2) is 24.3 Å². The zero-order valence-corrected chi connectivity index (χ0v) is 12.2. The third-order valence-corrected chi connectivity index (χ3v) is 3.74. The topological polar surface area (TPSA) is 29.3 Å². The maximum absolute atomic E-state index is 12.2. The van der Waals surface area contributed by atoms with Crippen molar-refractivity contribution in [3.05, 3.63) is 35.4 Å². The molecular weight excluding hydrogens is 265 g/mol. The van der Waals surface area contributed by atoms with Crippen LogP contribution in [0.25, 0.3) is 0 Å². The van der Waals surface area contributed by atoms with Gasteiger partial charge < -0.3 is 10.6 Å². The van der Waals surface area contributed by atoms with Crippen LogP contribution >= 0.6 is 0 Å². The van der Waals surface area contributed by atoms with Crippen LogP contribution in [0.4, 0.5) is 13.2 Å². The summed E-state index contributed by atoms with van der Waals surface area (Å²) in [5.41, 5.74) is 8.32. The number of likely N-dealkylation sites (N-methyl/N-ethyl adjacent to an activating group) is 1. The van der Waals surface area contributed by atoms with Gasteiger partial charge in [-0.1, -0.05) is 31.2 Å². The van der Waals surface area contributed by atoms with E-state index in [0.717, 1.165) is 12.0 Å². The maximum Gasteiger partial charge on any atom is 0.390 e. The predicted molar refractivity (Wildman–Crippen MR) is 75.5 cm³/mol. The Morgan fingerprint density at radius 2 is 1.75 bits per heavy atom. The van der Waals surface area contributed by atoms with E-state index in [1.54, 1.807) is 11.9 Å². The lowest BCUT2D eigenvalue weighted by molar-refractivity contribution is -0.138. The Morgan fingerprint density at radius 3 is 2.20 bits per heavy atom. The van der Waals surface area contributed by atoms with E-state index in [2.05, 4.69) is 6.92 Å². The van der Waals surface area contributed by atoms with Gasteiger partial charge in [0.2, 0.25) is 0 Å². The summed E-state index contributed by atoms with van der Waals surface area (Å²) in [6.07, 6.45) is -3.98. The predicted octanol–water partition coefficient (Wildman–Crippen LogP) is 3.52. The van der Waals surface area contributed by atoms with Crippen molar-refractivity contribution in [3.8, 4) is 0 Å². The van der Waals surface area contributed by atoms with Crippen LogP contribution in [0.3, 0.4) is 0 Å². The second-order valence-corrected chi connectivity index (χ2v) is 5.21. The fraction of sp³-hybridized carbons (Fsp3) is 0.600. The second-order valence-electron chi connectivity index (χ2n) is 5.21. The van der Waals surface area contributed by atoms with Gasteiger partial charge in [-0.2, -0.15) is 13.2 Å². The molecule has 1 aromatic carbocycles. The van der Waals surface area contributed by atoms with E-state index in [-0.39, 0.29) is 18.6 Å². The van der Waals surface area contributed by atoms with Crippen LogP contribution in [0.1, 0.15) is 37.4 Å². The molecule has 0 amide bonds. The molecule has 0 fully saturated rings. The number of rotatable bonds is 6. The molecule has 2 N–H and O–H groups in total. The average Bonchev–Trinajstić information content (AvgIpc) is 2.42. The van der Waals surface area contributed by atoms with Gasteiger partial charge in [0.25, 0.3) is 0 Å². The minimum Gasteiger partial charge on any atom is -0.323 e. The van der Waals surface area contributed by atoms with Gasteiger partial charge >= 0.3 is 6.18 Å². The van der Waals surface area contributed by atoms with E-state index in [9.17, 15) is 13.2 Å². The average molecular weight is 288 g/mol. The van der Waals surface area contributed by atoms with Gasteiger partial charge in [0.05, 0.1) is 6.42 Å². The first kappa shape index (κ1) is 17.0. The third kappa shape index (κ3) is 5.13. The molecule has 1 rings (SSSR count). The Balaban J connectivity index is 2.62. The lowest BCUT2D eigenvalue weighted by Gasteiger charge is -2.30. The SMILES string of the molecule is CCc1ccc(C(N)C(C)N(C)CCC(F)(F)F)cc1. The van der Waals surface area contributed by atoms with E-state index in [1.165, 1.54) is 5.56 Å². The number of benzene rings is 1. The van der Waals surface area contributed by atoms with Crippen molar-refractivity contribution in [2.24, 2.45) is 5.73 Å². The molecule has 0 radical (unpaired) electrons. The normalized spacial score (nSPS) is 15.4. The number of nitrogens with zero attached hydrogens (tertiary/aromatic N) is 1. The molecule has 0 aliphatic heterocycles. The highest BCUT2D eigenvalue weighted by Crippen LogP contribution is 2.23. The molecule has 2 atom stereocenters. The number of hydrogen-bond donors (Lipinski definition) is 1. The van der Waals surface area contributed by atoms with Crippen LogP contribution in [0.5, 0.6) is 0 Å². The van der Waals surface area contributed by atoms with Gasteiger partial charge in [-0.3, -0.25) is 0 Å². The van der Waals surface area contributed by atoms with E-state index < -0.39 is 12.6 Å². The van der Waals surface area contributed by atoms with E-state index in [0.29, 0.717) is 0 Å². The van der Waals surface area contributed by atoms with Gasteiger partial charge in [-0.15, -0.1) is 0 Å². The van der Waals surface area contributed by atoms with E-state index in [4.69, 9.17) is 5.73 Å². The zero-order valence-electron chi connectivity index (χ0n) is 12.2. The fourth-order valence-corrected chi connectivity index (χ4v) is 2.04. The van der Waals surface area contributed by atoms with E-state index >= 15 is 0 Å². The first-order chi connectivity index (χ1) is 9.24. The Bertz CT molecular complexity index is 401. The van der Waals surface area contributed by atoms with Crippen LogP contribution in [0.2, 0.25) is 0 Å². The molecule has 0 heterocycles. The summed E-state index contributed by atoms with van der Waals surface area (Å²) in [6.45, 7) is 3.89. The lowest BCUT2D eigenvalue weighted by atomic mass is 9.98. The van der Waals surface area contributed by atoms with Crippen LogP contribution in [0, 0.1) is 0 Å². The van der Waals surface area contributed by atoms with E-state index in [1.807, 2.05) is 31.2 Å². The Morgan fingerprint density at radius 1 is 1.20 bits per heavy atom. The first-order valence-corrected chi connectivity index (χ1v) is 6.86. The molecule has 0 aliphatic carbocycles. The molecule has 0 bridgehead atoms. The van der Waals surface area contributed by atoms with Crippen molar-refractivity contribution in [2.75, 3.05) is 13.6 Å². The van der Waals surface area contributed by atoms with Gasteiger partial charge in [-0.25, -0.2) is 0 Å². The molecular formula is C15H23F3N2. The van der Waals surface area contributed by atoms with Crippen molar-refractivity contribution in [2.45, 2.75) is 44.9 Å². The van der Waals surface area contributed by atoms with Crippen LogP contribution in [-0.2, 0) is 6.42 Å². The molecule has 0 saturated heterocycles. The number of halogens is 3. The Labute approximate surface area is 118 Å². The Kier molecular flexibility index (Phi) is 6.02. The van der Waals surface area contributed by atoms with Gasteiger partial charge in [0.1, 0.15) is 0 Å². The largest absolute Gasteiger partial charge is 0.390 e. The number of hydrogen-bond acceptors (Lipinski definition) is 2. The molecule has 0 spiro atoms. The van der Waals surface area contributed by atoms with Gasteiger partial charge in [-0.05, 0) is 31.5 Å². The quantitative estimate of drug-likeness (QED) is 0.868. The lowest BCUT2D eigenvalue weighted by Crippen LogP contribution is -2.39. The van der Waals surface area contributed by atoms with Crippen molar-refractivity contribution in [1.82, 2.24) is 4.90 Å². The van der Waals surface area contributed by atoms with Crippen LogP contribution < -0.4 is 5.73 Å². The summed E-state index contributed by atoms with van der Waals surface area (Å²) in [4.78, 5) is 1.66.